The summed E-state index contributed by atoms with van der Waals surface area (Å²) < 4.78 is 1.44. The zero-order valence-electron chi connectivity index (χ0n) is 6.76. The summed E-state index contributed by atoms with van der Waals surface area (Å²) in [5.74, 6) is 0. The molecule has 0 saturated carbocycles. The van der Waals surface area contributed by atoms with Crippen molar-refractivity contribution in [2.24, 2.45) is 0 Å². The summed E-state index contributed by atoms with van der Waals surface area (Å²) in [6.45, 7) is 0. The Morgan fingerprint density at radius 3 is 2.30 bits per heavy atom. The minimum Gasteiger partial charge on any atom is 1.00 e. The van der Waals surface area contributed by atoms with Crippen LogP contribution in [0.25, 0.3) is 0 Å². The summed E-state index contributed by atoms with van der Waals surface area (Å²) in [6.07, 6.45) is 0. The summed E-state index contributed by atoms with van der Waals surface area (Å²) in [5, 5.41) is 0. The van der Waals surface area contributed by atoms with Gasteiger partial charge in [-0.3, -0.25) is 0 Å². The second-order valence-corrected chi connectivity index (χ2v) is 6.91. The van der Waals surface area contributed by atoms with E-state index in [4.69, 9.17) is 0 Å². The van der Waals surface area contributed by atoms with Gasteiger partial charge in [0.2, 0.25) is 0 Å². The van der Waals surface area contributed by atoms with Crippen molar-refractivity contribution in [2.45, 2.75) is 11.4 Å². The van der Waals surface area contributed by atoms with Crippen LogP contribution in [0.1, 0.15) is 0 Å². The number of benzene rings is 1. The summed E-state index contributed by atoms with van der Waals surface area (Å²) in [6, 6.07) is 11.5. The van der Waals surface area contributed by atoms with Gasteiger partial charge in [0.05, 0.1) is 0 Å². The molecule has 0 spiro atoms. The smallest absolute Gasteiger partial charge is 1.00 e. The molecule has 1 aromatic carbocycles. The van der Waals surface area contributed by atoms with Gasteiger partial charge in [-0.2, -0.15) is 0 Å². The van der Waals surface area contributed by atoms with Gasteiger partial charge >= 0.3 is 79.6 Å². The molecule has 10 heavy (non-hydrogen) atoms. The van der Waals surface area contributed by atoms with E-state index in [1.165, 1.54) is 4.35 Å². The predicted octanol–water partition coefficient (Wildman–Crippen LogP) is -1.55. The summed E-state index contributed by atoms with van der Waals surface area (Å²) in [4.78, 5) is 0. The van der Waals surface area contributed by atoms with Crippen LogP contribution in [0.15, 0.2) is 24.3 Å². The molecular formula is C8H10AsLi. The Morgan fingerprint density at radius 1 is 1.30 bits per heavy atom. The third kappa shape index (κ3) is 2.98. The van der Waals surface area contributed by atoms with Gasteiger partial charge in [0, 0.05) is 0 Å². The average Bonchev–Trinajstić information content (AvgIpc) is 1.90. The number of hydrogen-bond acceptors (Lipinski definition) is 0. The second kappa shape index (κ2) is 5.08. The van der Waals surface area contributed by atoms with E-state index < -0.39 is 14.7 Å². The molecule has 0 aromatic heterocycles. The van der Waals surface area contributed by atoms with Crippen molar-refractivity contribution in [2.75, 3.05) is 0 Å². The Bertz CT molecular complexity index is 172. The van der Waals surface area contributed by atoms with Gasteiger partial charge in [-0.25, -0.2) is 0 Å². The van der Waals surface area contributed by atoms with Crippen LogP contribution < -0.4 is 23.2 Å². The van der Waals surface area contributed by atoms with E-state index in [-0.39, 0.29) is 18.9 Å². The Labute approximate surface area is 79.5 Å². The molecule has 0 fully saturated rings. The van der Waals surface area contributed by atoms with Gasteiger partial charge in [0.1, 0.15) is 0 Å². The molecule has 0 atom stereocenters. The quantitative estimate of drug-likeness (QED) is 0.370. The van der Waals surface area contributed by atoms with Gasteiger partial charge in [-0.05, 0) is 0 Å². The fourth-order valence-electron chi connectivity index (χ4n) is 0.662. The molecule has 0 amide bonds. The minimum absolute atomic E-state index is 0. The van der Waals surface area contributed by atoms with E-state index in [0.717, 1.165) is 0 Å². The van der Waals surface area contributed by atoms with Crippen LogP contribution in [0.3, 0.4) is 0 Å². The van der Waals surface area contributed by atoms with Crippen molar-refractivity contribution in [1.82, 2.24) is 0 Å². The zero-order chi connectivity index (χ0) is 6.69. The fraction of sp³-hybridized carbons (Fsp3) is 0.250. The van der Waals surface area contributed by atoms with E-state index in [0.29, 0.717) is 0 Å². The number of hydrogen-bond donors (Lipinski definition) is 0. The monoisotopic (exact) mass is 188 g/mol. The van der Waals surface area contributed by atoms with Crippen molar-refractivity contribution >= 4 is 19.0 Å². The maximum atomic E-state index is 3.23. The molecule has 0 aliphatic rings. The molecule has 0 saturated heterocycles. The first kappa shape index (κ1) is 10.4. The fourth-order valence-corrected chi connectivity index (χ4v) is 2.17. The molecule has 1 rings (SSSR count). The maximum Gasteiger partial charge on any atom is 1.00 e. The Kier molecular flexibility index (Phi) is 5.27. The van der Waals surface area contributed by atoms with E-state index in [1.807, 2.05) is 12.1 Å². The van der Waals surface area contributed by atoms with Crippen molar-refractivity contribution in [3.05, 3.63) is 30.3 Å². The first-order valence-electron chi connectivity index (χ1n) is 2.95. The molecule has 0 aliphatic heterocycles. The SMILES string of the molecule is C[As](C)c1[c-]cccc1.[Li+]. The van der Waals surface area contributed by atoms with Crippen molar-refractivity contribution in [3.8, 4) is 0 Å². The predicted molar refractivity (Wildman–Crippen MR) is 42.4 cm³/mol. The molecule has 0 nitrogen and oxygen atoms in total. The van der Waals surface area contributed by atoms with Gasteiger partial charge in [-0.15, -0.1) is 0 Å². The first-order chi connectivity index (χ1) is 4.30. The molecule has 0 heterocycles. The Balaban J connectivity index is 0.000000810. The van der Waals surface area contributed by atoms with Crippen molar-refractivity contribution < 1.29 is 18.9 Å². The molecule has 0 bridgehead atoms. The first-order valence-corrected chi connectivity index (χ1v) is 7.64. The van der Waals surface area contributed by atoms with Crippen LogP contribution in [-0.2, 0) is 0 Å². The van der Waals surface area contributed by atoms with Crippen LogP contribution in [0.5, 0.6) is 0 Å². The second-order valence-electron chi connectivity index (χ2n) is 2.14. The van der Waals surface area contributed by atoms with Crippen LogP contribution in [0.4, 0.5) is 0 Å². The molecule has 0 unspecified atom stereocenters. The summed E-state index contributed by atoms with van der Waals surface area (Å²) in [5.41, 5.74) is 4.64. The zero-order valence-corrected chi connectivity index (χ0v) is 8.63. The maximum absolute atomic E-state index is 3.23. The van der Waals surface area contributed by atoms with E-state index >= 15 is 0 Å². The van der Waals surface area contributed by atoms with Crippen molar-refractivity contribution in [1.29, 1.82) is 0 Å². The van der Waals surface area contributed by atoms with Crippen LogP contribution >= 0.6 is 0 Å². The third-order valence-electron chi connectivity index (χ3n) is 1.17. The van der Waals surface area contributed by atoms with Gasteiger partial charge in [0.15, 0.2) is 0 Å². The van der Waals surface area contributed by atoms with Crippen LogP contribution in [0.2, 0.25) is 11.4 Å². The van der Waals surface area contributed by atoms with Crippen LogP contribution in [0, 0.1) is 6.07 Å². The normalized spacial score (nSPS) is 9.10. The van der Waals surface area contributed by atoms with Gasteiger partial charge in [0.25, 0.3) is 0 Å². The summed E-state index contributed by atoms with van der Waals surface area (Å²) >= 11 is -0.644. The molecule has 48 valence electrons. The minimum atomic E-state index is -0.644. The van der Waals surface area contributed by atoms with E-state index in [2.05, 4.69) is 29.6 Å². The standard InChI is InChI=1S/C8H10As.Li/c1-9(2)8-6-4-3-5-7-8;/h3-6H,1-2H3;/q-1;+1. The van der Waals surface area contributed by atoms with Crippen LogP contribution in [-0.4, -0.2) is 14.7 Å². The average molecular weight is 188 g/mol. The summed E-state index contributed by atoms with van der Waals surface area (Å²) in [7, 11) is 0. The molecular weight excluding hydrogens is 178 g/mol. The Morgan fingerprint density at radius 2 is 2.00 bits per heavy atom. The van der Waals surface area contributed by atoms with E-state index in [9.17, 15) is 0 Å². The molecule has 0 radical (unpaired) electrons. The molecule has 0 N–H and O–H groups in total. The van der Waals surface area contributed by atoms with E-state index in [1.54, 1.807) is 0 Å². The third-order valence-corrected chi connectivity index (χ3v) is 3.78. The molecule has 0 aliphatic carbocycles. The number of rotatable bonds is 1. The van der Waals surface area contributed by atoms with Gasteiger partial charge in [-0.1, -0.05) is 0 Å². The Hall–Kier alpha value is 0.376. The molecule has 1 aromatic rings. The van der Waals surface area contributed by atoms with Crippen molar-refractivity contribution in [3.63, 3.8) is 0 Å². The topological polar surface area (TPSA) is 0 Å². The largest absolute Gasteiger partial charge is 1.00 e. The molecule has 2 heteroatoms. The van der Waals surface area contributed by atoms with Gasteiger partial charge < -0.3 is 0 Å².